The molecule has 1 aromatic heterocycles. The second-order valence-corrected chi connectivity index (χ2v) is 4.33. The summed E-state index contributed by atoms with van der Waals surface area (Å²) in [7, 11) is 0. The average Bonchev–Trinajstić information content (AvgIpc) is 2.78. The van der Waals surface area contributed by atoms with E-state index in [4.69, 9.17) is 5.73 Å². The van der Waals surface area contributed by atoms with Gasteiger partial charge in [-0.2, -0.15) is 5.10 Å². The number of nitrogens with one attached hydrogen (secondary N) is 1. The third-order valence-electron chi connectivity index (χ3n) is 2.57. The van der Waals surface area contributed by atoms with Gasteiger partial charge in [0.05, 0.1) is 6.20 Å². The van der Waals surface area contributed by atoms with Gasteiger partial charge in [-0.1, -0.05) is 0 Å². The molecule has 0 saturated heterocycles. The van der Waals surface area contributed by atoms with Crippen LogP contribution in [0.4, 0.5) is 11.5 Å². The zero-order valence-corrected chi connectivity index (χ0v) is 10.4. The first kappa shape index (κ1) is 12.2. The van der Waals surface area contributed by atoms with Crippen molar-refractivity contribution in [3.8, 4) is 0 Å². The van der Waals surface area contributed by atoms with Gasteiger partial charge < -0.3 is 11.1 Å². The Bertz CT molecular complexity index is 542. The molecule has 18 heavy (non-hydrogen) atoms. The number of hydrogen-bond acceptors (Lipinski definition) is 3. The lowest BCUT2D eigenvalue weighted by atomic mass is 10.2. The minimum absolute atomic E-state index is 0.169. The van der Waals surface area contributed by atoms with Crippen molar-refractivity contribution in [3.63, 3.8) is 0 Å². The third kappa shape index (κ3) is 2.51. The number of benzene rings is 1. The zero-order chi connectivity index (χ0) is 13.1. The molecule has 0 saturated carbocycles. The van der Waals surface area contributed by atoms with E-state index in [0.29, 0.717) is 17.1 Å². The van der Waals surface area contributed by atoms with Crippen molar-refractivity contribution in [3.05, 3.63) is 42.1 Å². The average molecular weight is 244 g/mol. The fraction of sp³-hybridized carbons (Fsp3) is 0.231. The summed E-state index contributed by atoms with van der Waals surface area (Å²) in [6.45, 7) is 4.01. The molecule has 3 N–H and O–H groups in total. The van der Waals surface area contributed by atoms with Crippen molar-refractivity contribution < 1.29 is 4.79 Å². The van der Waals surface area contributed by atoms with E-state index in [9.17, 15) is 4.79 Å². The van der Waals surface area contributed by atoms with Gasteiger partial charge in [0.1, 0.15) is 5.82 Å². The Kier molecular flexibility index (Phi) is 3.32. The Morgan fingerprint density at radius 1 is 1.28 bits per heavy atom. The highest BCUT2D eigenvalue weighted by molar-refractivity contribution is 6.03. The highest BCUT2D eigenvalue weighted by Gasteiger charge is 2.10. The van der Waals surface area contributed by atoms with Crippen molar-refractivity contribution in [2.45, 2.75) is 19.9 Å². The van der Waals surface area contributed by atoms with Gasteiger partial charge in [0.25, 0.3) is 5.91 Å². The smallest absolute Gasteiger partial charge is 0.256 e. The number of nitrogens with two attached hydrogens (primary N) is 1. The summed E-state index contributed by atoms with van der Waals surface area (Å²) >= 11 is 0. The van der Waals surface area contributed by atoms with Gasteiger partial charge in [0.15, 0.2) is 0 Å². The summed E-state index contributed by atoms with van der Waals surface area (Å²) in [5, 5.41) is 6.99. The van der Waals surface area contributed by atoms with Crippen LogP contribution in [0.2, 0.25) is 0 Å². The Labute approximate surface area is 106 Å². The Hall–Kier alpha value is -2.30. The molecule has 1 heterocycles. The number of aromatic nitrogens is 2. The number of nitrogens with zero attached hydrogens (tertiary/aromatic N) is 2. The van der Waals surface area contributed by atoms with E-state index in [1.54, 1.807) is 41.2 Å². The van der Waals surface area contributed by atoms with Crippen LogP contribution < -0.4 is 11.1 Å². The molecule has 94 valence electrons. The Balaban J connectivity index is 2.16. The van der Waals surface area contributed by atoms with Gasteiger partial charge >= 0.3 is 0 Å². The lowest BCUT2D eigenvalue weighted by molar-refractivity contribution is 0.102. The zero-order valence-electron chi connectivity index (χ0n) is 10.4. The summed E-state index contributed by atoms with van der Waals surface area (Å²) in [5.74, 6) is 0.518. The van der Waals surface area contributed by atoms with Crippen molar-refractivity contribution in [2.75, 3.05) is 11.1 Å². The fourth-order valence-electron chi connectivity index (χ4n) is 1.65. The first-order valence-electron chi connectivity index (χ1n) is 5.78. The molecule has 2 aromatic rings. The normalized spacial score (nSPS) is 10.6. The van der Waals surface area contributed by atoms with Crippen molar-refractivity contribution in [2.24, 2.45) is 0 Å². The second kappa shape index (κ2) is 4.91. The van der Waals surface area contributed by atoms with Crippen LogP contribution in [0.5, 0.6) is 0 Å². The highest BCUT2D eigenvalue weighted by atomic mass is 16.1. The number of amides is 1. The van der Waals surface area contributed by atoms with Crippen LogP contribution in [0.25, 0.3) is 0 Å². The van der Waals surface area contributed by atoms with Crippen LogP contribution in [0.1, 0.15) is 30.2 Å². The van der Waals surface area contributed by atoms with E-state index < -0.39 is 0 Å². The van der Waals surface area contributed by atoms with Gasteiger partial charge in [-0.15, -0.1) is 0 Å². The number of hydrogen-bond donors (Lipinski definition) is 2. The SMILES string of the molecule is CC(C)n1nccc1NC(=O)c1ccc(N)cc1. The molecule has 5 nitrogen and oxygen atoms in total. The van der Waals surface area contributed by atoms with Crippen LogP contribution in [0, 0.1) is 0 Å². The molecule has 0 unspecified atom stereocenters. The Morgan fingerprint density at radius 3 is 2.56 bits per heavy atom. The number of carbonyl (C=O) groups excluding carboxylic acids is 1. The molecule has 5 heteroatoms. The van der Waals surface area contributed by atoms with E-state index in [1.807, 2.05) is 13.8 Å². The van der Waals surface area contributed by atoms with Gasteiger partial charge in [-0.3, -0.25) is 4.79 Å². The molecule has 0 spiro atoms. The van der Waals surface area contributed by atoms with Crippen molar-refractivity contribution >= 4 is 17.4 Å². The van der Waals surface area contributed by atoms with Crippen molar-refractivity contribution in [1.29, 1.82) is 0 Å². The lowest BCUT2D eigenvalue weighted by Gasteiger charge is -2.11. The molecule has 1 aromatic carbocycles. The van der Waals surface area contributed by atoms with E-state index in [2.05, 4.69) is 10.4 Å². The fourth-order valence-corrected chi connectivity index (χ4v) is 1.65. The molecule has 0 fully saturated rings. The molecule has 0 bridgehead atoms. The lowest BCUT2D eigenvalue weighted by Crippen LogP contribution is -2.16. The number of nitrogen functional groups attached to an aromatic ring is 1. The number of rotatable bonds is 3. The summed E-state index contributed by atoms with van der Waals surface area (Å²) in [6.07, 6.45) is 1.67. The molecule has 0 atom stereocenters. The number of anilines is 2. The molecule has 0 aliphatic carbocycles. The monoisotopic (exact) mass is 244 g/mol. The van der Waals surface area contributed by atoms with E-state index >= 15 is 0 Å². The Morgan fingerprint density at radius 2 is 1.94 bits per heavy atom. The van der Waals surface area contributed by atoms with Crippen LogP contribution in [-0.2, 0) is 0 Å². The van der Waals surface area contributed by atoms with Crippen molar-refractivity contribution in [1.82, 2.24) is 9.78 Å². The van der Waals surface area contributed by atoms with E-state index in [1.165, 1.54) is 0 Å². The third-order valence-corrected chi connectivity index (χ3v) is 2.57. The van der Waals surface area contributed by atoms with Gasteiger partial charge in [-0.25, -0.2) is 4.68 Å². The topological polar surface area (TPSA) is 72.9 Å². The number of carbonyl (C=O) groups is 1. The summed E-state index contributed by atoms with van der Waals surface area (Å²) in [6, 6.07) is 8.77. The maximum absolute atomic E-state index is 12.0. The summed E-state index contributed by atoms with van der Waals surface area (Å²) in [4.78, 5) is 12.0. The maximum atomic E-state index is 12.0. The molecule has 0 aliphatic heterocycles. The minimum Gasteiger partial charge on any atom is -0.399 e. The molecule has 0 aliphatic rings. The van der Waals surface area contributed by atoms with Crippen LogP contribution >= 0.6 is 0 Å². The minimum atomic E-state index is -0.169. The highest BCUT2D eigenvalue weighted by Crippen LogP contribution is 2.14. The molecule has 2 rings (SSSR count). The molecule has 0 radical (unpaired) electrons. The summed E-state index contributed by atoms with van der Waals surface area (Å²) in [5.41, 5.74) is 6.79. The summed E-state index contributed by atoms with van der Waals surface area (Å²) < 4.78 is 1.76. The maximum Gasteiger partial charge on any atom is 0.256 e. The van der Waals surface area contributed by atoms with Gasteiger partial charge in [0.2, 0.25) is 0 Å². The standard InChI is InChI=1S/C13H16N4O/c1-9(2)17-12(7-8-15-17)16-13(18)10-3-5-11(14)6-4-10/h3-9H,14H2,1-2H3,(H,16,18). The van der Waals surface area contributed by atoms with Crippen LogP contribution in [0.15, 0.2) is 36.5 Å². The van der Waals surface area contributed by atoms with Gasteiger partial charge in [0, 0.05) is 23.4 Å². The predicted molar refractivity (Wildman–Crippen MR) is 71.4 cm³/mol. The van der Waals surface area contributed by atoms with Crippen LogP contribution in [-0.4, -0.2) is 15.7 Å². The first-order valence-corrected chi connectivity index (χ1v) is 5.78. The molecular formula is C13H16N4O. The van der Waals surface area contributed by atoms with Crippen LogP contribution in [0.3, 0.4) is 0 Å². The quantitative estimate of drug-likeness (QED) is 0.814. The van der Waals surface area contributed by atoms with E-state index in [0.717, 1.165) is 0 Å². The predicted octanol–water partition coefficient (Wildman–Crippen LogP) is 2.30. The first-order chi connectivity index (χ1) is 8.58. The molecular weight excluding hydrogens is 228 g/mol. The second-order valence-electron chi connectivity index (χ2n) is 4.33. The van der Waals surface area contributed by atoms with Gasteiger partial charge in [-0.05, 0) is 38.1 Å². The molecule has 1 amide bonds. The van der Waals surface area contributed by atoms with E-state index in [-0.39, 0.29) is 11.9 Å². The largest absolute Gasteiger partial charge is 0.399 e.